The highest BCUT2D eigenvalue weighted by molar-refractivity contribution is 7.98. The third-order valence-corrected chi connectivity index (χ3v) is 7.49. The Morgan fingerprint density at radius 3 is 2.42 bits per heavy atom. The second kappa shape index (κ2) is 13.7. The molecule has 1 aliphatic heterocycles. The molecule has 3 N–H and O–H groups in total. The van der Waals surface area contributed by atoms with Gasteiger partial charge >= 0.3 is 6.09 Å². The van der Waals surface area contributed by atoms with Crippen LogP contribution in [-0.4, -0.2) is 66.3 Å². The normalized spacial score (nSPS) is 14.6. The molecule has 0 spiro atoms. The molecule has 38 heavy (non-hydrogen) atoms. The fourth-order valence-corrected chi connectivity index (χ4v) is 5.23. The average molecular weight is 536 g/mol. The number of aromatic nitrogens is 1. The molecule has 0 bridgehead atoms. The van der Waals surface area contributed by atoms with Crippen LogP contribution in [0.2, 0.25) is 0 Å². The lowest BCUT2D eigenvalue weighted by Crippen LogP contribution is -2.43. The number of hydrogen-bond donors (Lipinski definition) is 3. The van der Waals surface area contributed by atoms with E-state index in [-0.39, 0.29) is 6.54 Å². The Kier molecular flexibility index (Phi) is 10.3. The van der Waals surface area contributed by atoms with Crippen molar-refractivity contribution in [2.24, 2.45) is 0 Å². The minimum Gasteiger partial charge on any atom is -0.465 e. The zero-order chi connectivity index (χ0) is 27.7. The van der Waals surface area contributed by atoms with Crippen molar-refractivity contribution < 1.29 is 14.7 Å². The van der Waals surface area contributed by atoms with E-state index in [4.69, 9.17) is 10.1 Å². The van der Waals surface area contributed by atoms with Crippen molar-refractivity contribution in [1.82, 2.24) is 20.5 Å². The standard InChI is InChI=1S/C27H33N7O3S/c1-4-21-22(14-28)24(34-11-5-10-33(3)12-13-34)32-26(23(21)15-29)38-17-20-8-6-19(7-9-20)16-30-25(35)18(2)31-27(36)37/h6-9,18,31H,4-5,10-13,16-17H2,1-3H3,(H,30,35)(H,36,37). The van der Waals surface area contributed by atoms with Crippen LogP contribution in [0.5, 0.6) is 0 Å². The molecule has 1 atom stereocenters. The maximum atomic E-state index is 12.0. The number of rotatable bonds is 9. The fourth-order valence-electron chi connectivity index (χ4n) is 4.27. The molecular formula is C27H33N7O3S. The number of nitrogens with zero attached hydrogens (tertiary/aromatic N) is 5. The van der Waals surface area contributed by atoms with Crippen LogP contribution in [-0.2, 0) is 23.5 Å². The maximum absolute atomic E-state index is 12.0. The van der Waals surface area contributed by atoms with Gasteiger partial charge in [0, 0.05) is 31.9 Å². The number of carbonyl (C=O) groups is 2. The van der Waals surface area contributed by atoms with Crippen molar-refractivity contribution in [3.8, 4) is 12.1 Å². The molecule has 2 heterocycles. The van der Waals surface area contributed by atoms with Gasteiger partial charge in [-0.05, 0) is 50.0 Å². The number of carboxylic acid groups (broad SMARTS) is 1. The summed E-state index contributed by atoms with van der Waals surface area (Å²) in [7, 11) is 2.09. The molecule has 11 heteroatoms. The number of benzene rings is 1. The van der Waals surface area contributed by atoms with E-state index >= 15 is 0 Å². The van der Waals surface area contributed by atoms with Crippen LogP contribution in [0, 0.1) is 22.7 Å². The predicted octanol–water partition coefficient (Wildman–Crippen LogP) is 3.09. The summed E-state index contributed by atoms with van der Waals surface area (Å²) in [6.45, 7) is 7.20. The number of nitrogens with one attached hydrogen (secondary N) is 2. The second-order valence-electron chi connectivity index (χ2n) is 9.18. The van der Waals surface area contributed by atoms with Gasteiger partial charge in [-0.1, -0.05) is 31.2 Å². The smallest absolute Gasteiger partial charge is 0.405 e. The van der Waals surface area contributed by atoms with E-state index in [2.05, 4.69) is 39.6 Å². The van der Waals surface area contributed by atoms with Gasteiger partial charge in [0.1, 0.15) is 29.0 Å². The summed E-state index contributed by atoms with van der Waals surface area (Å²) in [6.07, 6.45) is 0.307. The first-order valence-electron chi connectivity index (χ1n) is 12.6. The summed E-state index contributed by atoms with van der Waals surface area (Å²) in [4.78, 5) is 32.0. The highest BCUT2D eigenvalue weighted by atomic mass is 32.2. The van der Waals surface area contributed by atoms with E-state index in [9.17, 15) is 20.1 Å². The molecule has 1 aromatic carbocycles. The number of amides is 2. The highest BCUT2D eigenvalue weighted by Gasteiger charge is 2.24. The van der Waals surface area contributed by atoms with E-state index in [0.29, 0.717) is 34.1 Å². The van der Waals surface area contributed by atoms with Gasteiger partial charge in [-0.15, -0.1) is 11.8 Å². The number of thioether (sulfide) groups is 1. The quantitative estimate of drug-likeness (QED) is 0.412. The summed E-state index contributed by atoms with van der Waals surface area (Å²) in [6, 6.07) is 11.5. The van der Waals surface area contributed by atoms with Gasteiger partial charge in [0.2, 0.25) is 5.91 Å². The monoisotopic (exact) mass is 535 g/mol. The molecule has 1 aromatic heterocycles. The molecular weight excluding hydrogens is 502 g/mol. The molecule has 2 amide bonds. The largest absolute Gasteiger partial charge is 0.465 e. The summed E-state index contributed by atoms with van der Waals surface area (Å²) < 4.78 is 0. The van der Waals surface area contributed by atoms with E-state index in [0.717, 1.165) is 49.3 Å². The van der Waals surface area contributed by atoms with Crippen LogP contribution < -0.4 is 15.5 Å². The number of anilines is 1. The number of carbonyl (C=O) groups excluding carboxylic acids is 1. The highest BCUT2D eigenvalue weighted by Crippen LogP contribution is 2.33. The van der Waals surface area contributed by atoms with Crippen LogP contribution >= 0.6 is 11.8 Å². The SMILES string of the molecule is CCc1c(C#N)c(SCc2ccc(CNC(=O)C(C)NC(=O)O)cc2)nc(N2CCCN(C)CC2)c1C#N. The lowest BCUT2D eigenvalue weighted by Gasteiger charge is -2.25. The Balaban J connectivity index is 1.74. The topological polar surface area (TPSA) is 145 Å². The molecule has 0 saturated carbocycles. The summed E-state index contributed by atoms with van der Waals surface area (Å²) in [5.74, 6) is 0.853. The number of likely N-dealkylation sites (N-methyl/N-ethyl adjacent to an activating group) is 1. The van der Waals surface area contributed by atoms with Crippen molar-refractivity contribution in [3.05, 3.63) is 52.1 Å². The van der Waals surface area contributed by atoms with E-state index in [1.54, 1.807) is 0 Å². The molecule has 0 radical (unpaired) electrons. The average Bonchev–Trinajstić information content (AvgIpc) is 3.13. The lowest BCUT2D eigenvalue weighted by molar-refractivity contribution is -0.122. The summed E-state index contributed by atoms with van der Waals surface area (Å²) in [5, 5.41) is 34.1. The van der Waals surface area contributed by atoms with E-state index in [1.807, 2.05) is 31.2 Å². The summed E-state index contributed by atoms with van der Waals surface area (Å²) >= 11 is 1.48. The molecule has 0 aliphatic carbocycles. The molecule has 10 nitrogen and oxygen atoms in total. The first-order chi connectivity index (χ1) is 18.3. The van der Waals surface area contributed by atoms with Gasteiger partial charge in [0.05, 0.1) is 11.1 Å². The zero-order valence-corrected chi connectivity index (χ0v) is 22.8. The third kappa shape index (κ3) is 7.37. The van der Waals surface area contributed by atoms with Crippen molar-refractivity contribution in [3.63, 3.8) is 0 Å². The molecule has 1 saturated heterocycles. The van der Waals surface area contributed by atoms with Gasteiger partial charge in [-0.25, -0.2) is 9.78 Å². The molecule has 1 unspecified atom stereocenters. The zero-order valence-electron chi connectivity index (χ0n) is 22.0. The molecule has 1 aliphatic rings. The number of hydrogen-bond acceptors (Lipinski definition) is 8. The van der Waals surface area contributed by atoms with Crippen molar-refractivity contribution in [1.29, 1.82) is 10.5 Å². The second-order valence-corrected chi connectivity index (χ2v) is 10.1. The van der Waals surface area contributed by atoms with Gasteiger partial charge in [-0.3, -0.25) is 4.79 Å². The van der Waals surface area contributed by atoms with Crippen LogP contribution in [0.4, 0.5) is 10.6 Å². The minimum atomic E-state index is -1.25. The van der Waals surface area contributed by atoms with Gasteiger partial charge < -0.3 is 25.5 Å². The fraction of sp³-hybridized carbons (Fsp3) is 0.444. The van der Waals surface area contributed by atoms with Crippen LogP contribution in [0.25, 0.3) is 0 Å². The van der Waals surface area contributed by atoms with Gasteiger partial charge in [-0.2, -0.15) is 10.5 Å². The van der Waals surface area contributed by atoms with Crippen LogP contribution in [0.1, 0.15) is 48.1 Å². The van der Waals surface area contributed by atoms with Gasteiger partial charge in [0.15, 0.2) is 0 Å². The molecule has 2 aromatic rings. The van der Waals surface area contributed by atoms with Crippen molar-refractivity contribution in [2.75, 3.05) is 38.1 Å². The van der Waals surface area contributed by atoms with Crippen molar-refractivity contribution in [2.45, 2.75) is 50.1 Å². The molecule has 200 valence electrons. The van der Waals surface area contributed by atoms with Gasteiger partial charge in [0.25, 0.3) is 0 Å². The first kappa shape index (κ1) is 28.8. The maximum Gasteiger partial charge on any atom is 0.405 e. The Morgan fingerprint density at radius 1 is 1.11 bits per heavy atom. The molecule has 1 fully saturated rings. The van der Waals surface area contributed by atoms with Crippen LogP contribution in [0.3, 0.4) is 0 Å². The Labute approximate surface area is 227 Å². The summed E-state index contributed by atoms with van der Waals surface area (Å²) in [5.41, 5.74) is 3.62. The Morgan fingerprint density at radius 2 is 1.79 bits per heavy atom. The lowest BCUT2D eigenvalue weighted by atomic mass is 10.0. The predicted molar refractivity (Wildman–Crippen MR) is 146 cm³/mol. The van der Waals surface area contributed by atoms with E-state index in [1.165, 1.54) is 18.7 Å². The molecule has 3 rings (SSSR count). The Bertz CT molecular complexity index is 1240. The minimum absolute atomic E-state index is 0.280. The number of nitriles is 2. The first-order valence-corrected chi connectivity index (χ1v) is 13.5. The number of pyridine rings is 1. The Hall–Kier alpha value is -3.80. The third-order valence-electron chi connectivity index (χ3n) is 6.44. The van der Waals surface area contributed by atoms with Crippen LogP contribution in [0.15, 0.2) is 29.3 Å². The van der Waals surface area contributed by atoms with Crippen molar-refractivity contribution >= 4 is 29.6 Å². The van der Waals surface area contributed by atoms with E-state index < -0.39 is 18.0 Å².